The number of thioether (sulfide) groups is 1. The van der Waals surface area contributed by atoms with E-state index in [2.05, 4.69) is 72.0 Å². The Bertz CT molecular complexity index is 765. The summed E-state index contributed by atoms with van der Waals surface area (Å²) in [5, 5.41) is 12.7. The molecule has 1 aliphatic carbocycles. The van der Waals surface area contributed by atoms with E-state index in [9.17, 15) is 4.79 Å². The highest BCUT2D eigenvalue weighted by Gasteiger charge is 2.30. The Morgan fingerprint density at radius 2 is 1.93 bits per heavy atom. The number of carbonyl (C=O) groups excluding carboxylic acids is 1. The highest BCUT2D eigenvalue weighted by atomic mass is 32.2. The second-order valence-corrected chi connectivity index (χ2v) is 8.47. The van der Waals surface area contributed by atoms with Gasteiger partial charge in [-0.1, -0.05) is 56.8 Å². The molecule has 5 nitrogen and oxygen atoms in total. The van der Waals surface area contributed by atoms with Crippen molar-refractivity contribution in [2.45, 2.75) is 70.6 Å². The molecule has 0 saturated heterocycles. The Hall–Kier alpha value is -1.82. The monoisotopic (exact) mass is 386 g/mol. The molecule has 0 bridgehead atoms. The highest BCUT2D eigenvalue weighted by molar-refractivity contribution is 7.99. The van der Waals surface area contributed by atoms with Gasteiger partial charge in [0.25, 0.3) is 0 Å². The number of aryl methyl sites for hydroxylation is 1. The molecule has 1 saturated carbocycles. The number of hydrogen-bond acceptors (Lipinski definition) is 4. The summed E-state index contributed by atoms with van der Waals surface area (Å²) in [5.74, 6) is 2.37. The quantitative estimate of drug-likeness (QED) is 0.651. The minimum absolute atomic E-state index is 0.0232. The zero-order valence-corrected chi connectivity index (χ0v) is 17.6. The summed E-state index contributed by atoms with van der Waals surface area (Å²) in [5.41, 5.74) is 2.47. The maximum Gasteiger partial charge on any atom is 0.230 e. The summed E-state index contributed by atoms with van der Waals surface area (Å²) < 4.78 is 2.15. The van der Waals surface area contributed by atoms with Crippen LogP contribution in [0.25, 0.3) is 0 Å². The molecule has 1 fully saturated rings. The SMILES string of the molecule is CCc1ccc([C@H](NC(=O)CSc2nnc(C3CC3)n2CC)C(C)C)cc1. The van der Waals surface area contributed by atoms with E-state index in [4.69, 9.17) is 0 Å². The van der Waals surface area contributed by atoms with Gasteiger partial charge in [0.1, 0.15) is 5.82 Å². The van der Waals surface area contributed by atoms with Gasteiger partial charge in [-0.25, -0.2) is 0 Å². The lowest BCUT2D eigenvalue weighted by atomic mass is 9.95. The van der Waals surface area contributed by atoms with Gasteiger partial charge in [0.2, 0.25) is 5.91 Å². The van der Waals surface area contributed by atoms with Crippen molar-refractivity contribution in [1.82, 2.24) is 20.1 Å². The molecule has 1 amide bonds. The second kappa shape index (κ2) is 8.91. The number of hydrogen-bond donors (Lipinski definition) is 1. The van der Waals surface area contributed by atoms with Crippen LogP contribution in [0, 0.1) is 5.92 Å². The average molecular weight is 387 g/mol. The van der Waals surface area contributed by atoms with E-state index in [1.807, 2.05) is 0 Å². The number of benzene rings is 1. The molecule has 1 atom stereocenters. The molecule has 27 heavy (non-hydrogen) atoms. The third-order valence-electron chi connectivity index (χ3n) is 5.07. The number of rotatable bonds is 9. The standard InChI is InChI=1S/C21H30N4OS/c1-5-15-7-9-16(10-8-15)19(14(3)4)22-18(26)13-27-21-24-23-20(17-11-12-17)25(21)6-2/h7-10,14,17,19H,5-6,11-13H2,1-4H3,(H,22,26)/t19-/m1/s1. The van der Waals surface area contributed by atoms with Gasteiger partial charge in [-0.3, -0.25) is 4.79 Å². The number of aromatic nitrogens is 3. The first-order valence-electron chi connectivity index (χ1n) is 9.97. The van der Waals surface area contributed by atoms with E-state index < -0.39 is 0 Å². The van der Waals surface area contributed by atoms with Crippen LogP contribution in [-0.2, 0) is 17.8 Å². The van der Waals surface area contributed by atoms with E-state index in [1.165, 1.54) is 30.2 Å². The summed E-state index contributed by atoms with van der Waals surface area (Å²) >= 11 is 1.48. The van der Waals surface area contributed by atoms with Crippen LogP contribution >= 0.6 is 11.8 Å². The summed E-state index contributed by atoms with van der Waals surface area (Å²) in [6.07, 6.45) is 3.43. The number of nitrogens with zero attached hydrogens (tertiary/aromatic N) is 3. The third-order valence-corrected chi connectivity index (χ3v) is 6.03. The summed E-state index contributed by atoms with van der Waals surface area (Å²) in [4.78, 5) is 12.6. The number of amides is 1. The fourth-order valence-electron chi connectivity index (χ4n) is 3.29. The Labute approximate surface area is 166 Å². The molecule has 1 heterocycles. The zero-order chi connectivity index (χ0) is 19.4. The first-order chi connectivity index (χ1) is 13.0. The van der Waals surface area contributed by atoms with Crippen LogP contribution < -0.4 is 5.32 Å². The van der Waals surface area contributed by atoms with Crippen molar-refractivity contribution in [3.63, 3.8) is 0 Å². The molecule has 1 aliphatic rings. The summed E-state index contributed by atoms with van der Waals surface area (Å²) in [6, 6.07) is 8.58. The van der Waals surface area contributed by atoms with Crippen molar-refractivity contribution < 1.29 is 4.79 Å². The lowest BCUT2D eigenvalue weighted by Gasteiger charge is -2.23. The first kappa shape index (κ1) is 19.9. The van der Waals surface area contributed by atoms with Crippen LogP contribution in [0.3, 0.4) is 0 Å². The van der Waals surface area contributed by atoms with Crippen molar-refractivity contribution in [3.8, 4) is 0 Å². The molecule has 2 aromatic rings. The van der Waals surface area contributed by atoms with Crippen LogP contribution in [0.5, 0.6) is 0 Å². The van der Waals surface area contributed by atoms with E-state index in [-0.39, 0.29) is 11.9 Å². The molecule has 1 aromatic heterocycles. The molecule has 6 heteroatoms. The summed E-state index contributed by atoms with van der Waals surface area (Å²) in [7, 11) is 0. The molecule has 0 aliphatic heterocycles. The predicted molar refractivity (Wildman–Crippen MR) is 110 cm³/mol. The van der Waals surface area contributed by atoms with Gasteiger partial charge in [-0.05, 0) is 43.2 Å². The Morgan fingerprint density at radius 1 is 1.22 bits per heavy atom. The fraction of sp³-hybridized carbons (Fsp3) is 0.571. The van der Waals surface area contributed by atoms with Gasteiger partial charge in [0.05, 0.1) is 11.8 Å². The molecule has 3 rings (SSSR count). The maximum atomic E-state index is 12.6. The van der Waals surface area contributed by atoms with Gasteiger partial charge >= 0.3 is 0 Å². The van der Waals surface area contributed by atoms with Crippen molar-refractivity contribution in [2.75, 3.05) is 5.75 Å². The molecule has 1 N–H and O–H groups in total. The smallest absolute Gasteiger partial charge is 0.230 e. The number of carbonyl (C=O) groups is 1. The molecule has 1 aromatic carbocycles. The molecule has 146 valence electrons. The van der Waals surface area contributed by atoms with Gasteiger partial charge in [-0.2, -0.15) is 0 Å². The largest absolute Gasteiger partial charge is 0.348 e. The Balaban J connectivity index is 1.61. The third kappa shape index (κ3) is 4.92. The minimum Gasteiger partial charge on any atom is -0.348 e. The Kier molecular flexibility index (Phi) is 6.58. The van der Waals surface area contributed by atoms with Gasteiger partial charge in [-0.15, -0.1) is 10.2 Å². The van der Waals surface area contributed by atoms with Crippen LogP contribution in [-0.4, -0.2) is 26.4 Å². The molecular formula is C21H30N4OS. The van der Waals surface area contributed by atoms with Crippen molar-refractivity contribution >= 4 is 17.7 Å². The lowest BCUT2D eigenvalue weighted by Crippen LogP contribution is -2.33. The molecule has 0 radical (unpaired) electrons. The van der Waals surface area contributed by atoms with Crippen LogP contribution in [0.2, 0.25) is 0 Å². The molecule has 0 unspecified atom stereocenters. The summed E-state index contributed by atoms with van der Waals surface area (Å²) in [6.45, 7) is 9.38. The molecular weight excluding hydrogens is 356 g/mol. The van der Waals surface area contributed by atoms with Crippen molar-refractivity contribution in [2.24, 2.45) is 5.92 Å². The maximum absolute atomic E-state index is 12.6. The average Bonchev–Trinajstić information content (AvgIpc) is 3.44. The van der Waals surface area contributed by atoms with E-state index >= 15 is 0 Å². The van der Waals surface area contributed by atoms with Crippen LogP contribution in [0.1, 0.15) is 69.4 Å². The zero-order valence-electron chi connectivity index (χ0n) is 16.7. The van der Waals surface area contributed by atoms with E-state index in [1.54, 1.807) is 0 Å². The van der Waals surface area contributed by atoms with E-state index in [0.717, 1.165) is 29.5 Å². The van der Waals surface area contributed by atoms with Gasteiger partial charge in [0.15, 0.2) is 5.16 Å². The first-order valence-corrected chi connectivity index (χ1v) is 11.0. The van der Waals surface area contributed by atoms with Crippen LogP contribution in [0.4, 0.5) is 0 Å². The second-order valence-electron chi connectivity index (χ2n) is 7.53. The normalized spacial score (nSPS) is 15.1. The Morgan fingerprint density at radius 3 is 2.48 bits per heavy atom. The minimum atomic E-state index is 0.0232. The lowest BCUT2D eigenvalue weighted by molar-refractivity contribution is -0.119. The molecule has 0 spiro atoms. The van der Waals surface area contributed by atoms with Crippen molar-refractivity contribution in [1.29, 1.82) is 0 Å². The van der Waals surface area contributed by atoms with Gasteiger partial charge in [0, 0.05) is 12.5 Å². The number of nitrogens with one attached hydrogen (secondary N) is 1. The predicted octanol–water partition coefficient (Wildman–Crippen LogP) is 4.34. The topological polar surface area (TPSA) is 59.8 Å². The highest BCUT2D eigenvalue weighted by Crippen LogP contribution is 2.40. The van der Waals surface area contributed by atoms with Crippen molar-refractivity contribution in [3.05, 3.63) is 41.2 Å². The van der Waals surface area contributed by atoms with Crippen LogP contribution in [0.15, 0.2) is 29.4 Å². The van der Waals surface area contributed by atoms with E-state index in [0.29, 0.717) is 17.6 Å². The fourth-order valence-corrected chi connectivity index (χ4v) is 4.11. The van der Waals surface area contributed by atoms with Gasteiger partial charge < -0.3 is 9.88 Å².